The summed E-state index contributed by atoms with van der Waals surface area (Å²) < 4.78 is 27.1. The lowest BCUT2D eigenvalue weighted by Gasteiger charge is -2.31. The summed E-state index contributed by atoms with van der Waals surface area (Å²) in [6, 6.07) is 10.5. The lowest BCUT2D eigenvalue weighted by molar-refractivity contribution is -0.126. The predicted molar refractivity (Wildman–Crippen MR) is 124 cm³/mol. The Balaban J connectivity index is 1.26. The number of likely N-dealkylation sites (tertiary alicyclic amines) is 1. The molecule has 4 rings (SSSR count). The van der Waals surface area contributed by atoms with E-state index in [-0.39, 0.29) is 17.7 Å². The SMILES string of the molecule is O=C(NCc1ccc(S(=O)(=O)N2CCCCC2)cc1)C1CCN(C(=O)c2cccs2)CC1. The van der Waals surface area contributed by atoms with Gasteiger partial charge in [-0.15, -0.1) is 11.3 Å². The molecule has 1 N–H and O–H groups in total. The van der Waals surface area contributed by atoms with Crippen LogP contribution in [0.2, 0.25) is 0 Å². The van der Waals surface area contributed by atoms with E-state index in [0.29, 0.717) is 50.5 Å². The van der Waals surface area contributed by atoms with Gasteiger partial charge < -0.3 is 10.2 Å². The van der Waals surface area contributed by atoms with Crippen LogP contribution >= 0.6 is 11.3 Å². The maximum atomic E-state index is 12.7. The van der Waals surface area contributed by atoms with Gasteiger partial charge in [0.15, 0.2) is 0 Å². The van der Waals surface area contributed by atoms with Crippen LogP contribution in [-0.4, -0.2) is 55.6 Å². The van der Waals surface area contributed by atoms with Gasteiger partial charge in [0.25, 0.3) is 5.91 Å². The monoisotopic (exact) mass is 475 g/mol. The molecule has 0 bridgehead atoms. The highest BCUT2D eigenvalue weighted by Crippen LogP contribution is 2.22. The van der Waals surface area contributed by atoms with Crippen molar-refractivity contribution < 1.29 is 18.0 Å². The summed E-state index contributed by atoms with van der Waals surface area (Å²) in [5, 5.41) is 4.85. The van der Waals surface area contributed by atoms with E-state index in [1.54, 1.807) is 28.6 Å². The first-order chi connectivity index (χ1) is 15.4. The van der Waals surface area contributed by atoms with Gasteiger partial charge in [0.05, 0.1) is 9.77 Å². The summed E-state index contributed by atoms with van der Waals surface area (Å²) in [6.45, 7) is 2.68. The third-order valence-electron chi connectivity index (χ3n) is 6.23. The molecule has 2 aliphatic heterocycles. The fourth-order valence-corrected chi connectivity index (χ4v) is 6.48. The van der Waals surface area contributed by atoms with Gasteiger partial charge in [0.1, 0.15) is 0 Å². The zero-order valence-electron chi connectivity index (χ0n) is 18.0. The van der Waals surface area contributed by atoms with Crippen molar-refractivity contribution in [3.63, 3.8) is 0 Å². The average molecular weight is 476 g/mol. The van der Waals surface area contributed by atoms with Gasteiger partial charge in [0, 0.05) is 38.6 Å². The highest BCUT2D eigenvalue weighted by Gasteiger charge is 2.28. The fourth-order valence-electron chi connectivity index (χ4n) is 4.27. The van der Waals surface area contributed by atoms with Crippen LogP contribution in [0.1, 0.15) is 47.3 Å². The Bertz CT molecular complexity index is 1020. The zero-order chi connectivity index (χ0) is 22.6. The summed E-state index contributed by atoms with van der Waals surface area (Å²) in [7, 11) is -3.44. The van der Waals surface area contributed by atoms with Gasteiger partial charge in [-0.1, -0.05) is 24.6 Å². The average Bonchev–Trinajstić information content (AvgIpc) is 3.38. The lowest BCUT2D eigenvalue weighted by Crippen LogP contribution is -2.42. The summed E-state index contributed by atoms with van der Waals surface area (Å²) in [4.78, 5) is 27.9. The Morgan fingerprint density at radius 1 is 0.969 bits per heavy atom. The molecule has 0 radical (unpaired) electrons. The summed E-state index contributed by atoms with van der Waals surface area (Å²) in [5.41, 5.74) is 0.862. The molecule has 0 spiro atoms. The largest absolute Gasteiger partial charge is 0.352 e. The molecule has 32 heavy (non-hydrogen) atoms. The number of carbonyl (C=O) groups excluding carboxylic acids is 2. The summed E-state index contributed by atoms with van der Waals surface area (Å²) in [6.07, 6.45) is 4.19. The molecular formula is C23H29N3O4S2. The molecule has 172 valence electrons. The minimum atomic E-state index is -3.44. The Morgan fingerprint density at radius 2 is 1.66 bits per heavy atom. The number of carbonyl (C=O) groups is 2. The molecule has 2 saturated heterocycles. The van der Waals surface area contributed by atoms with E-state index in [9.17, 15) is 18.0 Å². The molecule has 7 nitrogen and oxygen atoms in total. The second-order valence-corrected chi connectivity index (χ2v) is 11.3. The molecule has 2 fully saturated rings. The van der Waals surface area contributed by atoms with E-state index in [1.807, 2.05) is 22.4 Å². The van der Waals surface area contributed by atoms with E-state index in [2.05, 4.69) is 5.32 Å². The number of thiophene rings is 1. The standard InChI is InChI=1S/C23H29N3O4S2/c27-22(19-10-14-25(15-11-19)23(28)21-5-4-16-31-21)24-17-18-6-8-20(9-7-18)32(29,30)26-12-2-1-3-13-26/h4-9,16,19H,1-3,10-15,17H2,(H,24,27). The number of rotatable bonds is 6. The third kappa shape index (κ3) is 5.22. The number of nitrogens with zero attached hydrogens (tertiary/aromatic N) is 2. The van der Waals surface area contributed by atoms with Crippen molar-refractivity contribution in [1.82, 2.24) is 14.5 Å². The number of benzene rings is 1. The minimum absolute atomic E-state index is 0.0155. The Hall–Kier alpha value is -2.23. The van der Waals surface area contributed by atoms with Crippen LogP contribution < -0.4 is 5.32 Å². The van der Waals surface area contributed by atoms with Crippen molar-refractivity contribution in [3.8, 4) is 0 Å². The van der Waals surface area contributed by atoms with Crippen molar-refractivity contribution in [2.45, 2.75) is 43.5 Å². The molecule has 2 aromatic rings. The Morgan fingerprint density at radius 3 is 2.28 bits per heavy atom. The smallest absolute Gasteiger partial charge is 0.263 e. The molecule has 2 aliphatic rings. The van der Waals surface area contributed by atoms with Crippen LogP contribution in [0, 0.1) is 5.92 Å². The van der Waals surface area contributed by atoms with Crippen LogP contribution in [0.3, 0.4) is 0 Å². The first-order valence-electron chi connectivity index (χ1n) is 11.1. The van der Waals surface area contributed by atoms with Crippen molar-refractivity contribution in [3.05, 3.63) is 52.2 Å². The van der Waals surface area contributed by atoms with Gasteiger partial charge in [0.2, 0.25) is 15.9 Å². The van der Waals surface area contributed by atoms with E-state index >= 15 is 0 Å². The van der Waals surface area contributed by atoms with Crippen molar-refractivity contribution in [2.24, 2.45) is 5.92 Å². The topological polar surface area (TPSA) is 86.8 Å². The number of amides is 2. The van der Waals surface area contributed by atoms with Gasteiger partial charge in [-0.05, 0) is 54.8 Å². The van der Waals surface area contributed by atoms with Crippen LogP contribution in [-0.2, 0) is 21.4 Å². The van der Waals surface area contributed by atoms with Crippen molar-refractivity contribution in [2.75, 3.05) is 26.2 Å². The van der Waals surface area contributed by atoms with E-state index < -0.39 is 10.0 Å². The zero-order valence-corrected chi connectivity index (χ0v) is 19.7. The molecule has 0 unspecified atom stereocenters. The Labute approximate surface area is 193 Å². The lowest BCUT2D eigenvalue weighted by atomic mass is 9.95. The molecule has 0 saturated carbocycles. The molecule has 2 amide bonds. The van der Waals surface area contributed by atoms with Crippen LogP contribution in [0.15, 0.2) is 46.7 Å². The van der Waals surface area contributed by atoms with Crippen LogP contribution in [0.4, 0.5) is 0 Å². The highest BCUT2D eigenvalue weighted by molar-refractivity contribution is 7.89. The summed E-state index contributed by atoms with van der Waals surface area (Å²) in [5.74, 6) is -0.0853. The fraction of sp³-hybridized carbons (Fsp3) is 0.478. The second kappa shape index (κ2) is 10.1. The normalized spacial score (nSPS) is 18.4. The molecule has 3 heterocycles. The van der Waals surface area contributed by atoms with Gasteiger partial charge in [-0.2, -0.15) is 4.31 Å². The van der Waals surface area contributed by atoms with Crippen molar-refractivity contribution >= 4 is 33.2 Å². The Kier molecular flexibility index (Phi) is 7.27. The molecule has 0 atom stereocenters. The maximum absolute atomic E-state index is 12.7. The first kappa shape index (κ1) is 22.9. The quantitative estimate of drug-likeness (QED) is 0.696. The molecular weight excluding hydrogens is 446 g/mol. The second-order valence-electron chi connectivity index (χ2n) is 8.37. The number of nitrogens with one attached hydrogen (secondary N) is 1. The van der Waals surface area contributed by atoms with Crippen LogP contribution in [0.5, 0.6) is 0 Å². The van der Waals surface area contributed by atoms with Gasteiger partial charge in [-0.3, -0.25) is 9.59 Å². The third-order valence-corrected chi connectivity index (χ3v) is 9.00. The number of piperidine rings is 2. The number of hydrogen-bond donors (Lipinski definition) is 1. The molecule has 0 aliphatic carbocycles. The summed E-state index contributed by atoms with van der Waals surface area (Å²) >= 11 is 1.44. The van der Waals surface area contributed by atoms with Crippen LogP contribution in [0.25, 0.3) is 0 Å². The minimum Gasteiger partial charge on any atom is -0.352 e. The van der Waals surface area contributed by atoms with E-state index in [4.69, 9.17) is 0 Å². The van der Waals surface area contributed by atoms with Crippen molar-refractivity contribution in [1.29, 1.82) is 0 Å². The van der Waals surface area contributed by atoms with Gasteiger partial charge >= 0.3 is 0 Å². The number of hydrogen-bond acceptors (Lipinski definition) is 5. The van der Waals surface area contributed by atoms with Gasteiger partial charge in [-0.25, -0.2) is 8.42 Å². The maximum Gasteiger partial charge on any atom is 0.263 e. The first-order valence-corrected chi connectivity index (χ1v) is 13.5. The number of sulfonamides is 1. The highest BCUT2D eigenvalue weighted by atomic mass is 32.2. The van der Waals surface area contributed by atoms with E-state index in [0.717, 1.165) is 29.7 Å². The molecule has 1 aromatic carbocycles. The predicted octanol–water partition coefficient (Wildman–Crippen LogP) is 3.09. The molecule has 9 heteroatoms. The molecule has 1 aromatic heterocycles. The van der Waals surface area contributed by atoms with E-state index in [1.165, 1.54) is 11.3 Å².